The Hall–Kier alpha value is 4.15. The predicted octanol–water partition coefficient (Wildman–Crippen LogP) is -3.22. The van der Waals surface area contributed by atoms with Gasteiger partial charge in [0.1, 0.15) is 0 Å². The summed E-state index contributed by atoms with van der Waals surface area (Å²) in [6, 6.07) is 0. The minimum atomic E-state index is 0. The summed E-state index contributed by atoms with van der Waals surface area (Å²) in [5.74, 6) is 0. The van der Waals surface area contributed by atoms with Crippen LogP contribution in [-0.4, -0.2) is 124 Å². The fourth-order valence-corrected chi connectivity index (χ4v) is 0. The zero-order chi connectivity index (χ0) is 10.0. The monoisotopic (exact) mass is 1260 g/mol. The number of rotatable bonds is 0. The molecule has 0 rings (SSSR count). The van der Waals surface area contributed by atoms with E-state index in [1.165, 1.54) is 0 Å². The van der Waals surface area contributed by atoms with Gasteiger partial charge in [0.25, 0.3) is 0 Å². The fraction of sp³-hybridized carbons (Fsp3) is 0. The Morgan fingerprint density at radius 3 is 0.364 bits per heavy atom. The molecule has 0 aromatic carbocycles. The molecule has 0 bridgehead atoms. The van der Waals surface area contributed by atoms with Gasteiger partial charge in [-0.1, -0.05) is 0 Å². The van der Waals surface area contributed by atoms with Crippen molar-refractivity contribution in [3.63, 3.8) is 0 Å². The van der Waals surface area contributed by atoms with E-state index in [0.29, 0.717) is 0 Å². The second-order valence-electron chi connectivity index (χ2n) is 0. The standard InChI is InChI=1S/5Bi.HI.5O.5H/h;;;;;1H;;;;;;;;;;. The molecule has 0 saturated heterocycles. The van der Waals surface area contributed by atoms with Crippen LogP contribution in [0.15, 0.2) is 0 Å². The second kappa shape index (κ2) is 142. The van der Waals surface area contributed by atoms with Crippen LogP contribution in [0.5, 0.6) is 0 Å². The molecule has 0 aromatic heterocycles. The summed E-state index contributed by atoms with van der Waals surface area (Å²) in [5.41, 5.74) is 0. The van der Waals surface area contributed by atoms with Gasteiger partial charge in [0, 0.05) is 0 Å². The van der Waals surface area contributed by atoms with Crippen molar-refractivity contribution in [3.8, 4) is 0 Å². The maximum atomic E-state index is 8.39. The Bertz CT molecular complexity index is 26.4. The Balaban J connectivity index is -0.00000000694. The van der Waals surface area contributed by atoms with Gasteiger partial charge in [-0.15, -0.1) is 24.0 Å². The molecule has 0 radical (unpaired) electrons. The number of hydrogen-bond donors (Lipinski definition) is 0. The average Bonchev–Trinajstić information content (AvgIpc) is 2.20. The molecule has 11 heteroatoms. The van der Waals surface area contributed by atoms with Crippen LogP contribution in [0.3, 0.4) is 0 Å². The van der Waals surface area contributed by atoms with Gasteiger partial charge in [-0.3, -0.25) is 0 Å². The van der Waals surface area contributed by atoms with E-state index in [9.17, 15) is 0 Å². The molecule has 0 spiro atoms. The van der Waals surface area contributed by atoms with E-state index in [1.54, 1.807) is 0 Å². The van der Waals surface area contributed by atoms with Crippen molar-refractivity contribution >= 4 is 148 Å². The summed E-state index contributed by atoms with van der Waals surface area (Å²) in [6.07, 6.45) is 0. The molecule has 0 atom stereocenters. The fourth-order valence-electron chi connectivity index (χ4n) is 0. The first kappa shape index (κ1) is 36.2. The molecule has 5 nitrogen and oxygen atoms in total. The summed E-state index contributed by atoms with van der Waals surface area (Å²) in [6.45, 7) is 0. The third-order valence-electron chi connectivity index (χ3n) is 0. The molecule has 68 valence electrons. The molecule has 0 amide bonds. The van der Waals surface area contributed by atoms with Crippen molar-refractivity contribution in [3.05, 3.63) is 0 Å². The Morgan fingerprint density at radius 1 is 0.364 bits per heavy atom. The van der Waals surface area contributed by atoms with Crippen LogP contribution in [0.1, 0.15) is 0 Å². The van der Waals surface area contributed by atoms with E-state index in [2.05, 4.69) is 0 Å². The Labute approximate surface area is 157 Å². The summed E-state index contributed by atoms with van der Waals surface area (Å²) in [7, 11) is 0. The molecule has 0 aliphatic carbocycles. The molecule has 0 aliphatic rings. The van der Waals surface area contributed by atoms with Crippen LogP contribution < -0.4 is 0 Å². The molecule has 0 heterocycles. The van der Waals surface area contributed by atoms with Crippen molar-refractivity contribution in [2.45, 2.75) is 0 Å². The van der Waals surface area contributed by atoms with Gasteiger partial charge in [0.2, 0.25) is 0 Å². The molecule has 11 heavy (non-hydrogen) atoms. The summed E-state index contributed by atoms with van der Waals surface area (Å²) in [4.78, 5) is 0. The first-order valence-electron chi connectivity index (χ1n) is 1.02. The zero-order valence-corrected chi connectivity index (χ0v) is 26.7. The van der Waals surface area contributed by atoms with Gasteiger partial charge in [-0.05, 0) is 0 Å². The summed E-state index contributed by atoms with van der Waals surface area (Å²) < 4.78 is 41.9. The van der Waals surface area contributed by atoms with Crippen LogP contribution in [0.25, 0.3) is 0 Å². The quantitative estimate of drug-likeness (QED) is 0.189. The molecule has 0 saturated carbocycles. The first-order chi connectivity index (χ1) is 5.00. The zero-order valence-electron chi connectivity index (χ0n) is 4.95. The predicted molar refractivity (Wildman–Crippen MR) is 54.6 cm³/mol. The van der Waals surface area contributed by atoms with Gasteiger partial charge in [0.05, 0.1) is 0 Å². The summed E-state index contributed by atoms with van der Waals surface area (Å²) >= 11 is 0.278. The Kier molecular flexibility index (Phi) is 469. The first-order valence-corrected chi connectivity index (χ1v) is 8.96. The maximum absolute atomic E-state index is 8.39. The molecule has 0 fully saturated rings. The molecule has 0 aliphatic heterocycles. The van der Waals surface area contributed by atoms with Gasteiger partial charge in [-0.25, -0.2) is 0 Å². The van der Waals surface area contributed by atoms with Crippen LogP contribution in [0.4, 0.5) is 0 Å². The van der Waals surface area contributed by atoms with E-state index >= 15 is 0 Å². The normalized spacial score (nSPS) is 1.82. The van der Waals surface area contributed by atoms with Crippen molar-refractivity contribution in [1.29, 1.82) is 0 Å². The van der Waals surface area contributed by atoms with Crippen LogP contribution >= 0.6 is 24.0 Å². The Morgan fingerprint density at radius 2 is 0.364 bits per heavy atom. The molecule has 0 aromatic rings. The van der Waals surface area contributed by atoms with Crippen molar-refractivity contribution < 1.29 is 14.1 Å². The summed E-state index contributed by atoms with van der Waals surface area (Å²) in [5, 5.41) is 0. The third kappa shape index (κ3) is 121. The van der Waals surface area contributed by atoms with E-state index < -0.39 is 0 Å². The van der Waals surface area contributed by atoms with Gasteiger partial charge in [0.15, 0.2) is 0 Å². The molecule has 0 unspecified atom stereocenters. The van der Waals surface area contributed by atoms with Gasteiger partial charge >= 0.3 is 138 Å². The number of hydrogen-bond acceptors (Lipinski definition) is 5. The van der Waals surface area contributed by atoms with Crippen LogP contribution in [0.2, 0.25) is 0 Å². The topological polar surface area (TPSA) is 85.3 Å². The van der Waals surface area contributed by atoms with Gasteiger partial charge in [-0.2, -0.15) is 0 Å². The van der Waals surface area contributed by atoms with Crippen molar-refractivity contribution in [2.24, 2.45) is 0 Å². The van der Waals surface area contributed by atoms with Crippen molar-refractivity contribution in [1.82, 2.24) is 0 Å². The third-order valence-corrected chi connectivity index (χ3v) is 0. The number of halogens is 1. The van der Waals surface area contributed by atoms with Gasteiger partial charge < -0.3 is 0 Å². The second-order valence-corrected chi connectivity index (χ2v) is 0. The van der Waals surface area contributed by atoms with Crippen LogP contribution in [-0.2, 0) is 14.1 Å². The van der Waals surface area contributed by atoms with E-state index in [-0.39, 0.29) is 148 Å². The minimum absolute atomic E-state index is 0. The molecular formula is H6Bi5IO5. The SMILES string of the molecule is I.[O]=[BiH].[O]=[BiH].[O]=[BiH].[O]=[BiH].[O]=[BiH]. The van der Waals surface area contributed by atoms with E-state index in [4.69, 9.17) is 14.1 Å². The van der Waals surface area contributed by atoms with E-state index in [0.717, 1.165) is 0 Å². The molecule has 0 N–H and O–H groups in total. The molecular weight excluding hydrogens is 1250 g/mol. The van der Waals surface area contributed by atoms with E-state index in [1.807, 2.05) is 0 Å². The average molecular weight is 1260 g/mol. The van der Waals surface area contributed by atoms with Crippen LogP contribution in [0, 0.1) is 0 Å². The van der Waals surface area contributed by atoms with Crippen molar-refractivity contribution in [2.75, 3.05) is 0 Å².